The molecule has 1 N–H and O–H groups in total. The van der Waals surface area contributed by atoms with E-state index in [1.165, 1.54) is 23.5 Å². The average Bonchev–Trinajstić information content (AvgIpc) is 2.81. The number of benzene rings is 1. The van der Waals surface area contributed by atoms with E-state index >= 15 is 0 Å². The Bertz CT molecular complexity index is 658. The zero-order valence-electron chi connectivity index (χ0n) is 9.96. The summed E-state index contributed by atoms with van der Waals surface area (Å²) in [6.45, 7) is 0.297. The summed E-state index contributed by atoms with van der Waals surface area (Å²) in [5.41, 5.74) is -0.866. The molecule has 1 heterocycles. The monoisotopic (exact) mass is 360 g/mol. The van der Waals surface area contributed by atoms with Gasteiger partial charge in [0.2, 0.25) is 0 Å². The second-order valence-electron chi connectivity index (χ2n) is 3.93. The zero-order valence-corrected chi connectivity index (χ0v) is 12.4. The van der Waals surface area contributed by atoms with Gasteiger partial charge >= 0.3 is 6.18 Å². The molecule has 1 aromatic heterocycles. The first-order valence-electron chi connectivity index (χ1n) is 5.49. The van der Waals surface area contributed by atoms with Crippen LogP contribution in [0.3, 0.4) is 0 Å². The Morgan fingerprint density at radius 1 is 1.25 bits per heavy atom. The molecule has 0 saturated heterocycles. The van der Waals surface area contributed by atoms with Crippen LogP contribution in [0, 0.1) is 11.3 Å². The van der Waals surface area contributed by atoms with Crippen LogP contribution < -0.4 is 5.32 Å². The molecule has 0 unspecified atom stereocenters. The van der Waals surface area contributed by atoms with Gasteiger partial charge in [-0.2, -0.15) is 18.4 Å². The highest BCUT2D eigenvalue weighted by Gasteiger charge is 2.33. The van der Waals surface area contributed by atoms with Gasteiger partial charge in [-0.15, -0.1) is 11.3 Å². The molecular weight excluding hydrogens is 353 g/mol. The summed E-state index contributed by atoms with van der Waals surface area (Å²) in [6, 6.07) is 8.88. The largest absolute Gasteiger partial charge is 0.418 e. The first kappa shape index (κ1) is 14.9. The fourth-order valence-electron chi connectivity index (χ4n) is 1.63. The lowest BCUT2D eigenvalue weighted by Gasteiger charge is -2.14. The van der Waals surface area contributed by atoms with E-state index in [2.05, 4.69) is 21.2 Å². The van der Waals surface area contributed by atoms with Crippen LogP contribution in [0.5, 0.6) is 0 Å². The quantitative estimate of drug-likeness (QED) is 0.834. The normalized spacial score (nSPS) is 11.2. The smallest absolute Gasteiger partial charge is 0.380 e. The molecule has 0 fully saturated rings. The van der Waals surface area contributed by atoms with Crippen molar-refractivity contribution in [2.75, 3.05) is 5.32 Å². The Morgan fingerprint density at radius 3 is 2.55 bits per heavy atom. The summed E-state index contributed by atoms with van der Waals surface area (Å²) in [5, 5.41) is 11.4. The van der Waals surface area contributed by atoms with Crippen LogP contribution in [-0.4, -0.2) is 0 Å². The van der Waals surface area contributed by atoms with Crippen molar-refractivity contribution in [1.29, 1.82) is 5.26 Å². The number of alkyl halides is 3. The minimum atomic E-state index is -4.49. The predicted molar refractivity (Wildman–Crippen MR) is 75.5 cm³/mol. The fourth-order valence-corrected chi connectivity index (χ4v) is 3.05. The molecule has 20 heavy (non-hydrogen) atoms. The van der Waals surface area contributed by atoms with E-state index in [9.17, 15) is 13.2 Å². The number of thiophene rings is 1. The summed E-state index contributed by atoms with van der Waals surface area (Å²) in [6.07, 6.45) is -4.49. The van der Waals surface area contributed by atoms with Crippen molar-refractivity contribution in [2.24, 2.45) is 0 Å². The Hall–Kier alpha value is -1.52. The highest BCUT2D eigenvalue weighted by Crippen LogP contribution is 2.36. The van der Waals surface area contributed by atoms with Crippen molar-refractivity contribution in [1.82, 2.24) is 0 Å². The van der Waals surface area contributed by atoms with Crippen LogP contribution in [0.2, 0.25) is 0 Å². The lowest BCUT2D eigenvalue weighted by atomic mass is 10.1. The van der Waals surface area contributed by atoms with Crippen LogP contribution in [-0.2, 0) is 12.7 Å². The standard InChI is InChI=1S/C13H8BrF3N2S/c14-12-4-2-9(20-12)7-19-11-3-1-8(6-18)5-10(11)13(15,16)17/h1-5,19H,7H2. The molecule has 0 amide bonds. The highest BCUT2D eigenvalue weighted by atomic mass is 79.9. The number of nitriles is 1. The maximum absolute atomic E-state index is 12.9. The van der Waals surface area contributed by atoms with Crippen LogP contribution in [0.25, 0.3) is 0 Å². The van der Waals surface area contributed by atoms with Gasteiger partial charge < -0.3 is 5.32 Å². The second-order valence-corrected chi connectivity index (χ2v) is 6.48. The molecule has 0 spiro atoms. The SMILES string of the molecule is N#Cc1ccc(NCc2ccc(Br)s2)c(C(F)(F)F)c1. The molecule has 1 aromatic carbocycles. The number of halogens is 4. The van der Waals surface area contributed by atoms with Crippen molar-refractivity contribution in [2.45, 2.75) is 12.7 Å². The molecule has 7 heteroatoms. The Balaban J connectivity index is 2.25. The minimum absolute atomic E-state index is 0.0123. The van der Waals surface area contributed by atoms with Crippen molar-refractivity contribution in [3.8, 4) is 6.07 Å². The average molecular weight is 361 g/mol. The van der Waals surface area contributed by atoms with Gasteiger partial charge in [-0.1, -0.05) is 0 Å². The molecule has 2 aromatic rings. The minimum Gasteiger partial charge on any atom is -0.380 e. The third kappa shape index (κ3) is 3.52. The van der Waals surface area contributed by atoms with Gasteiger partial charge in [-0.25, -0.2) is 0 Å². The molecule has 2 nitrogen and oxygen atoms in total. The number of nitrogens with one attached hydrogen (secondary N) is 1. The summed E-state index contributed by atoms with van der Waals surface area (Å²) >= 11 is 4.75. The molecule has 0 aliphatic heterocycles. The number of nitrogens with zero attached hydrogens (tertiary/aromatic N) is 1. The van der Waals surface area contributed by atoms with Crippen molar-refractivity contribution in [3.63, 3.8) is 0 Å². The van der Waals surface area contributed by atoms with E-state index in [-0.39, 0.29) is 11.3 Å². The van der Waals surface area contributed by atoms with Crippen molar-refractivity contribution < 1.29 is 13.2 Å². The van der Waals surface area contributed by atoms with Gasteiger partial charge in [0.15, 0.2) is 0 Å². The van der Waals surface area contributed by atoms with E-state index in [4.69, 9.17) is 5.26 Å². The van der Waals surface area contributed by atoms with Crippen molar-refractivity contribution in [3.05, 3.63) is 50.1 Å². The lowest BCUT2D eigenvalue weighted by Crippen LogP contribution is -2.11. The highest BCUT2D eigenvalue weighted by molar-refractivity contribution is 9.11. The Kier molecular flexibility index (Phi) is 4.35. The number of anilines is 1. The van der Waals surface area contributed by atoms with Crippen molar-refractivity contribution >= 4 is 33.0 Å². The zero-order chi connectivity index (χ0) is 14.8. The Morgan fingerprint density at radius 2 is 2.00 bits per heavy atom. The third-order valence-corrected chi connectivity index (χ3v) is 4.16. The van der Waals surface area contributed by atoms with Gasteiger partial charge in [0.25, 0.3) is 0 Å². The van der Waals surface area contributed by atoms with E-state index in [0.29, 0.717) is 6.54 Å². The van der Waals surface area contributed by atoms with Crippen LogP contribution in [0.4, 0.5) is 18.9 Å². The molecule has 0 radical (unpaired) electrons. The van der Waals surface area contributed by atoms with E-state index in [1.54, 1.807) is 6.07 Å². The summed E-state index contributed by atoms with van der Waals surface area (Å²) < 4.78 is 39.7. The fraction of sp³-hybridized carbons (Fsp3) is 0.154. The van der Waals surface area contributed by atoms with E-state index in [1.807, 2.05) is 12.1 Å². The molecular formula is C13H8BrF3N2S. The molecule has 0 bridgehead atoms. The molecule has 0 atom stereocenters. The first-order chi connectivity index (χ1) is 9.40. The molecule has 0 aliphatic rings. The van der Waals surface area contributed by atoms with Gasteiger partial charge in [-0.05, 0) is 46.3 Å². The van der Waals surface area contributed by atoms with E-state index in [0.717, 1.165) is 14.7 Å². The number of hydrogen-bond acceptors (Lipinski definition) is 3. The lowest BCUT2D eigenvalue weighted by molar-refractivity contribution is -0.137. The van der Waals surface area contributed by atoms with Crippen LogP contribution in [0.15, 0.2) is 34.1 Å². The van der Waals surface area contributed by atoms with Crippen LogP contribution in [0.1, 0.15) is 16.0 Å². The molecule has 104 valence electrons. The second kappa shape index (κ2) is 5.85. The maximum atomic E-state index is 12.9. The number of hydrogen-bond donors (Lipinski definition) is 1. The van der Waals surface area contributed by atoms with Gasteiger partial charge in [0.05, 0.1) is 21.0 Å². The number of rotatable bonds is 3. The molecule has 0 saturated carbocycles. The molecule has 0 aliphatic carbocycles. The Labute approximate surface area is 126 Å². The summed E-state index contributed by atoms with van der Waals surface area (Å²) in [5.74, 6) is 0. The van der Waals surface area contributed by atoms with Gasteiger partial charge in [0, 0.05) is 17.1 Å². The van der Waals surface area contributed by atoms with E-state index < -0.39 is 11.7 Å². The molecule has 2 rings (SSSR count). The van der Waals surface area contributed by atoms with Gasteiger partial charge in [0.1, 0.15) is 0 Å². The predicted octanol–water partition coefficient (Wildman–Crippen LogP) is 5.01. The third-order valence-electron chi connectivity index (χ3n) is 2.54. The summed E-state index contributed by atoms with van der Waals surface area (Å²) in [4.78, 5) is 0.911. The summed E-state index contributed by atoms with van der Waals surface area (Å²) in [7, 11) is 0. The maximum Gasteiger partial charge on any atom is 0.418 e. The van der Waals surface area contributed by atoms with Crippen LogP contribution >= 0.6 is 27.3 Å². The van der Waals surface area contributed by atoms with Gasteiger partial charge in [-0.3, -0.25) is 0 Å². The first-order valence-corrected chi connectivity index (χ1v) is 7.10. The topological polar surface area (TPSA) is 35.8 Å².